The van der Waals surface area contributed by atoms with E-state index in [1.165, 1.54) is 47.1 Å². The van der Waals surface area contributed by atoms with Crippen LogP contribution >= 0.6 is 0 Å². The van der Waals surface area contributed by atoms with Crippen molar-refractivity contribution in [1.82, 2.24) is 4.90 Å². The van der Waals surface area contributed by atoms with Gasteiger partial charge in [0.2, 0.25) is 0 Å². The van der Waals surface area contributed by atoms with Gasteiger partial charge in [-0.3, -0.25) is 4.90 Å². The molecule has 4 aromatic rings. The average molecular weight is 418 g/mol. The van der Waals surface area contributed by atoms with Crippen LogP contribution in [-0.2, 0) is 5.54 Å². The fourth-order valence-electron chi connectivity index (χ4n) is 5.59. The van der Waals surface area contributed by atoms with Crippen LogP contribution in [0.2, 0.25) is 0 Å². The lowest BCUT2D eigenvalue weighted by molar-refractivity contribution is 0.0640. The maximum Gasteiger partial charge on any atom is 0.0977 e. The fourth-order valence-corrected chi connectivity index (χ4v) is 5.59. The SMILES string of the molecule is Cc1cccc(C2CCCCN2C(c2ccccc2)(c2ccccc2)c2ccccc2)c1. The summed E-state index contributed by atoms with van der Waals surface area (Å²) in [7, 11) is 0. The largest absolute Gasteiger partial charge is 0.279 e. The zero-order valence-corrected chi connectivity index (χ0v) is 18.8. The number of aryl methyl sites for hydroxylation is 1. The lowest BCUT2D eigenvalue weighted by Crippen LogP contribution is -2.51. The van der Waals surface area contributed by atoms with Gasteiger partial charge in [0.1, 0.15) is 0 Å². The molecule has 1 aliphatic rings. The Morgan fingerprint density at radius 1 is 0.625 bits per heavy atom. The molecule has 1 aliphatic heterocycles. The van der Waals surface area contributed by atoms with Gasteiger partial charge in [0, 0.05) is 12.6 Å². The average Bonchev–Trinajstić information content (AvgIpc) is 2.87. The molecule has 1 unspecified atom stereocenters. The van der Waals surface area contributed by atoms with E-state index in [2.05, 4.69) is 127 Å². The molecular weight excluding hydrogens is 386 g/mol. The van der Waals surface area contributed by atoms with Gasteiger partial charge in [0.15, 0.2) is 0 Å². The summed E-state index contributed by atoms with van der Waals surface area (Å²) in [6.45, 7) is 3.27. The summed E-state index contributed by atoms with van der Waals surface area (Å²) < 4.78 is 0. The number of benzene rings is 4. The second kappa shape index (κ2) is 9.14. The van der Waals surface area contributed by atoms with E-state index in [4.69, 9.17) is 0 Å². The van der Waals surface area contributed by atoms with Gasteiger partial charge in [-0.1, -0.05) is 127 Å². The van der Waals surface area contributed by atoms with Gasteiger partial charge in [-0.15, -0.1) is 0 Å². The first-order valence-corrected chi connectivity index (χ1v) is 11.8. The normalized spacial score (nSPS) is 17.2. The van der Waals surface area contributed by atoms with Crippen molar-refractivity contribution in [1.29, 1.82) is 0 Å². The second-order valence-corrected chi connectivity index (χ2v) is 8.93. The molecule has 0 radical (unpaired) electrons. The van der Waals surface area contributed by atoms with Crippen LogP contribution in [0.4, 0.5) is 0 Å². The minimum atomic E-state index is -0.349. The van der Waals surface area contributed by atoms with Crippen molar-refractivity contribution in [2.45, 2.75) is 37.8 Å². The Kier molecular flexibility index (Phi) is 5.92. The number of hydrogen-bond donors (Lipinski definition) is 0. The number of nitrogens with zero attached hydrogens (tertiary/aromatic N) is 1. The van der Waals surface area contributed by atoms with Gasteiger partial charge in [0.25, 0.3) is 0 Å². The Bertz CT molecular complexity index is 1040. The highest BCUT2D eigenvalue weighted by Crippen LogP contribution is 2.49. The summed E-state index contributed by atoms with van der Waals surface area (Å²) in [5.74, 6) is 0. The van der Waals surface area contributed by atoms with Crippen LogP contribution in [0.1, 0.15) is 53.1 Å². The molecule has 1 nitrogen and oxygen atoms in total. The summed E-state index contributed by atoms with van der Waals surface area (Å²) in [5.41, 5.74) is 6.40. The highest BCUT2D eigenvalue weighted by Gasteiger charge is 2.46. The van der Waals surface area contributed by atoms with E-state index in [1.54, 1.807) is 0 Å². The van der Waals surface area contributed by atoms with Crippen LogP contribution in [0.15, 0.2) is 115 Å². The second-order valence-electron chi connectivity index (χ2n) is 8.93. The first-order chi connectivity index (χ1) is 15.8. The maximum atomic E-state index is 2.78. The van der Waals surface area contributed by atoms with Crippen molar-refractivity contribution in [2.75, 3.05) is 6.54 Å². The Morgan fingerprint density at radius 3 is 1.66 bits per heavy atom. The van der Waals surface area contributed by atoms with Crippen LogP contribution < -0.4 is 0 Å². The molecule has 0 aromatic heterocycles. The topological polar surface area (TPSA) is 3.24 Å². The quantitative estimate of drug-likeness (QED) is 0.304. The van der Waals surface area contributed by atoms with E-state index in [0.29, 0.717) is 6.04 Å². The standard InChI is InChI=1S/C31H31N/c1-25-14-13-15-26(24-25)30-22-11-12-23-32(30)31(27-16-5-2-6-17-27,28-18-7-3-8-19-28)29-20-9-4-10-21-29/h2-10,13-21,24,30H,11-12,22-23H2,1H3. The van der Waals surface area contributed by atoms with Crippen LogP contribution in [0.3, 0.4) is 0 Å². The van der Waals surface area contributed by atoms with Crippen LogP contribution in [0.5, 0.6) is 0 Å². The van der Waals surface area contributed by atoms with Crippen molar-refractivity contribution in [3.05, 3.63) is 143 Å². The smallest absolute Gasteiger partial charge is 0.0977 e. The zero-order chi connectivity index (χ0) is 21.8. The predicted molar refractivity (Wildman–Crippen MR) is 134 cm³/mol. The maximum absolute atomic E-state index is 2.78. The van der Waals surface area contributed by atoms with Gasteiger partial charge in [0.05, 0.1) is 5.54 Å². The molecule has 1 saturated heterocycles. The number of likely N-dealkylation sites (tertiary alicyclic amines) is 1. The molecular formula is C31H31N. The lowest BCUT2D eigenvalue weighted by atomic mass is 9.73. The molecule has 1 heteroatoms. The van der Waals surface area contributed by atoms with Crippen molar-refractivity contribution in [2.24, 2.45) is 0 Å². The molecule has 32 heavy (non-hydrogen) atoms. The Labute approximate surface area is 192 Å². The number of piperidine rings is 1. The predicted octanol–water partition coefficient (Wildman–Crippen LogP) is 7.51. The van der Waals surface area contributed by atoms with E-state index in [9.17, 15) is 0 Å². The van der Waals surface area contributed by atoms with Crippen molar-refractivity contribution < 1.29 is 0 Å². The number of rotatable bonds is 5. The molecule has 0 aliphatic carbocycles. The lowest BCUT2D eigenvalue weighted by Gasteiger charge is -2.51. The van der Waals surface area contributed by atoms with Gasteiger partial charge in [-0.2, -0.15) is 0 Å². The van der Waals surface area contributed by atoms with Gasteiger partial charge in [-0.05, 0) is 42.0 Å². The van der Waals surface area contributed by atoms with Crippen molar-refractivity contribution >= 4 is 0 Å². The minimum Gasteiger partial charge on any atom is -0.279 e. The minimum absolute atomic E-state index is 0.349. The summed E-state index contributed by atoms with van der Waals surface area (Å²) in [4.78, 5) is 2.78. The van der Waals surface area contributed by atoms with Crippen LogP contribution in [-0.4, -0.2) is 11.4 Å². The molecule has 4 aromatic carbocycles. The molecule has 1 heterocycles. The molecule has 0 N–H and O–H groups in total. The third kappa shape index (κ3) is 3.67. The van der Waals surface area contributed by atoms with E-state index in [-0.39, 0.29) is 5.54 Å². The molecule has 160 valence electrons. The van der Waals surface area contributed by atoms with Crippen LogP contribution in [0.25, 0.3) is 0 Å². The summed E-state index contributed by atoms with van der Waals surface area (Å²) >= 11 is 0. The molecule has 0 saturated carbocycles. The Balaban J connectivity index is 1.81. The highest BCUT2D eigenvalue weighted by molar-refractivity contribution is 5.50. The first kappa shape index (κ1) is 20.7. The first-order valence-electron chi connectivity index (χ1n) is 11.8. The van der Waals surface area contributed by atoms with Crippen molar-refractivity contribution in [3.8, 4) is 0 Å². The van der Waals surface area contributed by atoms with Gasteiger partial charge in [-0.25, -0.2) is 0 Å². The Hall–Kier alpha value is -3.16. The van der Waals surface area contributed by atoms with E-state index in [0.717, 1.165) is 6.54 Å². The molecule has 0 spiro atoms. The molecule has 1 atom stereocenters. The third-order valence-electron chi connectivity index (χ3n) is 6.94. The molecule has 0 bridgehead atoms. The van der Waals surface area contributed by atoms with Gasteiger partial charge >= 0.3 is 0 Å². The fraction of sp³-hybridized carbons (Fsp3) is 0.226. The van der Waals surface area contributed by atoms with Crippen molar-refractivity contribution in [3.63, 3.8) is 0 Å². The van der Waals surface area contributed by atoms with E-state index in [1.807, 2.05) is 0 Å². The Morgan fingerprint density at radius 2 is 1.16 bits per heavy atom. The summed E-state index contributed by atoms with van der Waals surface area (Å²) in [6, 6.07) is 42.8. The zero-order valence-electron chi connectivity index (χ0n) is 18.8. The van der Waals surface area contributed by atoms with E-state index < -0.39 is 0 Å². The third-order valence-corrected chi connectivity index (χ3v) is 6.94. The van der Waals surface area contributed by atoms with Gasteiger partial charge < -0.3 is 0 Å². The molecule has 5 rings (SSSR count). The van der Waals surface area contributed by atoms with Crippen LogP contribution in [0, 0.1) is 6.92 Å². The summed E-state index contributed by atoms with van der Waals surface area (Å²) in [6.07, 6.45) is 3.66. The monoisotopic (exact) mass is 417 g/mol. The molecule has 0 amide bonds. The summed E-state index contributed by atoms with van der Waals surface area (Å²) in [5, 5.41) is 0. The van der Waals surface area contributed by atoms with E-state index >= 15 is 0 Å². The number of hydrogen-bond acceptors (Lipinski definition) is 1. The highest BCUT2D eigenvalue weighted by atomic mass is 15.2. The molecule has 1 fully saturated rings.